The van der Waals surface area contributed by atoms with Crippen molar-refractivity contribution < 1.29 is 9.90 Å². The first-order valence-corrected chi connectivity index (χ1v) is 13.0. The van der Waals surface area contributed by atoms with Gasteiger partial charge >= 0.3 is 0 Å². The number of alkyl halides is 1. The lowest BCUT2D eigenvalue weighted by atomic mass is 10.0. The molecule has 2 N–H and O–H groups in total. The van der Waals surface area contributed by atoms with Crippen LogP contribution in [-0.4, -0.2) is 66.2 Å². The number of hydrogen-bond donors (Lipinski definition) is 2. The summed E-state index contributed by atoms with van der Waals surface area (Å²) in [6.07, 6.45) is -0.412. The molecule has 0 aliphatic carbocycles. The minimum absolute atomic E-state index is 0.176. The second kappa shape index (κ2) is 10.1. The fourth-order valence-electron chi connectivity index (χ4n) is 5.24. The third kappa shape index (κ3) is 5.13. The maximum atomic E-state index is 13.1. The van der Waals surface area contributed by atoms with Crippen molar-refractivity contribution in [2.75, 3.05) is 44.6 Å². The standard InChI is InChI=1S/C26H34IN3O2/c1-17-7-8-23(9-20(17)10-27)28-11-24(31)16-29-12-21-14-30(15-22(21)13-29)26(32)25-18(2)5-4-6-19(25)3/h4-9,21-22,24,28,31H,10-16H2,1-3H3. The van der Waals surface area contributed by atoms with Gasteiger partial charge in [-0.15, -0.1) is 0 Å². The fourth-order valence-corrected chi connectivity index (χ4v) is 6.06. The second-order valence-corrected chi connectivity index (χ2v) is 10.3. The van der Waals surface area contributed by atoms with Gasteiger partial charge < -0.3 is 15.3 Å². The number of hydrogen-bond acceptors (Lipinski definition) is 4. The van der Waals surface area contributed by atoms with Gasteiger partial charge in [0.15, 0.2) is 0 Å². The molecule has 0 spiro atoms. The van der Waals surface area contributed by atoms with Crippen LogP contribution in [0.4, 0.5) is 5.69 Å². The van der Waals surface area contributed by atoms with E-state index in [0.29, 0.717) is 24.9 Å². The van der Waals surface area contributed by atoms with E-state index < -0.39 is 6.10 Å². The number of likely N-dealkylation sites (tertiary alicyclic amines) is 2. The lowest BCUT2D eigenvalue weighted by Gasteiger charge is -2.24. The predicted molar refractivity (Wildman–Crippen MR) is 139 cm³/mol. The van der Waals surface area contributed by atoms with E-state index in [0.717, 1.165) is 53.0 Å². The summed E-state index contributed by atoms with van der Waals surface area (Å²) in [5, 5.41) is 14.0. The summed E-state index contributed by atoms with van der Waals surface area (Å²) in [7, 11) is 0. The first-order chi connectivity index (χ1) is 15.4. The first kappa shape index (κ1) is 23.5. The molecule has 5 nitrogen and oxygen atoms in total. The van der Waals surface area contributed by atoms with Crippen LogP contribution in [0.1, 0.15) is 32.6 Å². The number of fused-ring (bicyclic) bond motifs is 1. The largest absolute Gasteiger partial charge is 0.390 e. The van der Waals surface area contributed by atoms with Crippen molar-refractivity contribution in [3.8, 4) is 0 Å². The Kier molecular flexibility index (Phi) is 7.42. The van der Waals surface area contributed by atoms with Crippen LogP contribution in [0.5, 0.6) is 0 Å². The van der Waals surface area contributed by atoms with Crippen LogP contribution in [0.25, 0.3) is 0 Å². The molecule has 0 bridgehead atoms. The van der Waals surface area contributed by atoms with Crippen molar-refractivity contribution in [3.63, 3.8) is 0 Å². The van der Waals surface area contributed by atoms with Crippen LogP contribution < -0.4 is 5.32 Å². The number of anilines is 1. The number of carbonyl (C=O) groups excluding carboxylic acids is 1. The van der Waals surface area contributed by atoms with Gasteiger partial charge in [-0.2, -0.15) is 0 Å². The molecule has 32 heavy (non-hydrogen) atoms. The summed E-state index contributed by atoms with van der Waals surface area (Å²) in [6, 6.07) is 12.5. The molecular weight excluding hydrogens is 513 g/mol. The molecule has 172 valence electrons. The number of aryl methyl sites for hydroxylation is 3. The average Bonchev–Trinajstić information content (AvgIpc) is 3.31. The molecule has 2 aliphatic rings. The Hall–Kier alpha value is -1.64. The smallest absolute Gasteiger partial charge is 0.254 e. The Balaban J connectivity index is 1.26. The Bertz CT molecular complexity index is 945. The van der Waals surface area contributed by atoms with Crippen molar-refractivity contribution in [3.05, 3.63) is 64.2 Å². The van der Waals surface area contributed by atoms with Gasteiger partial charge in [-0.25, -0.2) is 0 Å². The highest BCUT2D eigenvalue weighted by Crippen LogP contribution is 2.32. The number of halogens is 1. The minimum atomic E-state index is -0.412. The topological polar surface area (TPSA) is 55.8 Å². The van der Waals surface area contributed by atoms with E-state index in [1.54, 1.807) is 0 Å². The minimum Gasteiger partial charge on any atom is -0.390 e. The van der Waals surface area contributed by atoms with E-state index in [2.05, 4.69) is 57.9 Å². The maximum Gasteiger partial charge on any atom is 0.254 e. The highest BCUT2D eigenvalue weighted by Gasteiger charge is 2.42. The van der Waals surface area contributed by atoms with Gasteiger partial charge in [-0.3, -0.25) is 9.69 Å². The molecule has 3 unspecified atom stereocenters. The molecule has 2 fully saturated rings. The first-order valence-electron chi connectivity index (χ1n) is 11.5. The Morgan fingerprint density at radius 2 is 1.72 bits per heavy atom. The number of aliphatic hydroxyl groups is 1. The molecule has 2 aromatic carbocycles. The number of carbonyl (C=O) groups is 1. The molecule has 0 radical (unpaired) electrons. The molecule has 0 saturated carbocycles. The van der Waals surface area contributed by atoms with Crippen LogP contribution in [0.3, 0.4) is 0 Å². The monoisotopic (exact) mass is 547 g/mol. The lowest BCUT2D eigenvalue weighted by Crippen LogP contribution is -2.38. The summed E-state index contributed by atoms with van der Waals surface area (Å²) in [5.74, 6) is 1.19. The number of rotatable bonds is 7. The Labute approximate surface area is 205 Å². The van der Waals surface area contributed by atoms with E-state index in [-0.39, 0.29) is 5.91 Å². The van der Waals surface area contributed by atoms with Gasteiger partial charge in [-0.1, -0.05) is 46.9 Å². The molecule has 2 aliphatic heterocycles. The lowest BCUT2D eigenvalue weighted by molar-refractivity contribution is 0.0762. The normalized spacial score (nSPS) is 21.6. The number of β-amino-alcohol motifs (C(OH)–C–C–N with tert-alkyl or cyclic N) is 1. The molecule has 2 saturated heterocycles. The van der Waals surface area contributed by atoms with Gasteiger partial charge in [0, 0.05) is 54.9 Å². The average molecular weight is 547 g/mol. The summed E-state index contributed by atoms with van der Waals surface area (Å²) in [6.45, 7) is 11.0. The van der Waals surface area contributed by atoms with Crippen molar-refractivity contribution >= 4 is 34.2 Å². The molecule has 1 amide bonds. The number of amides is 1. The fraction of sp³-hybridized carbons (Fsp3) is 0.500. The summed E-state index contributed by atoms with van der Waals surface area (Å²) in [4.78, 5) is 17.5. The summed E-state index contributed by atoms with van der Waals surface area (Å²) >= 11 is 2.39. The van der Waals surface area contributed by atoms with E-state index in [1.807, 2.05) is 36.9 Å². The predicted octanol–water partition coefficient (Wildman–Crippen LogP) is 4.02. The van der Waals surface area contributed by atoms with Gasteiger partial charge in [0.05, 0.1) is 6.10 Å². The van der Waals surface area contributed by atoms with Gasteiger partial charge in [0.2, 0.25) is 0 Å². The van der Waals surface area contributed by atoms with Crippen LogP contribution in [0, 0.1) is 32.6 Å². The van der Waals surface area contributed by atoms with Crippen LogP contribution in [0.15, 0.2) is 36.4 Å². The van der Waals surface area contributed by atoms with E-state index in [9.17, 15) is 9.90 Å². The zero-order chi connectivity index (χ0) is 22.8. The van der Waals surface area contributed by atoms with Crippen LogP contribution in [-0.2, 0) is 4.43 Å². The van der Waals surface area contributed by atoms with E-state index >= 15 is 0 Å². The highest BCUT2D eigenvalue weighted by atomic mass is 127. The number of benzene rings is 2. The van der Waals surface area contributed by atoms with E-state index in [1.165, 1.54) is 11.1 Å². The molecule has 6 heteroatoms. The molecule has 3 atom stereocenters. The van der Waals surface area contributed by atoms with Crippen LogP contribution >= 0.6 is 22.6 Å². The number of aliphatic hydroxyl groups excluding tert-OH is 1. The van der Waals surface area contributed by atoms with Gasteiger partial charge in [0.25, 0.3) is 5.91 Å². The second-order valence-electron chi connectivity index (χ2n) is 9.53. The highest BCUT2D eigenvalue weighted by molar-refractivity contribution is 14.1. The molecule has 2 heterocycles. The molecule has 4 rings (SSSR count). The summed E-state index contributed by atoms with van der Waals surface area (Å²) in [5.41, 5.74) is 6.69. The molecular formula is C26H34IN3O2. The third-order valence-corrected chi connectivity index (χ3v) is 7.87. The van der Waals surface area contributed by atoms with E-state index in [4.69, 9.17) is 0 Å². The van der Waals surface area contributed by atoms with Crippen LogP contribution in [0.2, 0.25) is 0 Å². The number of nitrogens with zero attached hydrogens (tertiary/aromatic N) is 2. The van der Waals surface area contributed by atoms with Crippen molar-refractivity contribution in [2.24, 2.45) is 11.8 Å². The molecule has 2 aromatic rings. The van der Waals surface area contributed by atoms with Gasteiger partial charge in [0.1, 0.15) is 0 Å². The quantitative estimate of drug-likeness (QED) is 0.406. The van der Waals surface area contributed by atoms with Crippen molar-refractivity contribution in [1.82, 2.24) is 9.80 Å². The van der Waals surface area contributed by atoms with Gasteiger partial charge in [-0.05, 0) is 67.0 Å². The SMILES string of the molecule is Cc1ccc(NCC(O)CN2CC3CN(C(=O)c4c(C)cccc4C)CC3C2)cc1CI. The third-order valence-electron chi connectivity index (χ3n) is 7.05. The number of nitrogens with one attached hydrogen (secondary N) is 1. The van der Waals surface area contributed by atoms with Crippen molar-refractivity contribution in [2.45, 2.75) is 31.3 Å². The maximum absolute atomic E-state index is 13.1. The zero-order valence-corrected chi connectivity index (χ0v) is 21.4. The molecule has 0 aromatic heterocycles. The zero-order valence-electron chi connectivity index (χ0n) is 19.3. The Morgan fingerprint density at radius 3 is 2.34 bits per heavy atom. The van der Waals surface area contributed by atoms with Crippen molar-refractivity contribution in [1.29, 1.82) is 0 Å². The summed E-state index contributed by atoms with van der Waals surface area (Å²) < 4.78 is 0.987. The Morgan fingerprint density at radius 1 is 1.06 bits per heavy atom.